The van der Waals surface area contributed by atoms with Gasteiger partial charge in [-0.3, -0.25) is 14.4 Å². The highest BCUT2D eigenvalue weighted by molar-refractivity contribution is 5.89. The molecule has 4 N–H and O–H groups in total. The number of carboxylic acids is 1. The van der Waals surface area contributed by atoms with Gasteiger partial charge in [0.25, 0.3) is 0 Å². The van der Waals surface area contributed by atoms with E-state index in [9.17, 15) is 19.2 Å². The van der Waals surface area contributed by atoms with E-state index in [2.05, 4.69) is 16.0 Å². The molecule has 0 aliphatic carbocycles. The first kappa shape index (κ1) is 21.9. The van der Waals surface area contributed by atoms with Crippen LogP contribution in [-0.4, -0.2) is 47.9 Å². The van der Waals surface area contributed by atoms with Crippen LogP contribution in [0.15, 0.2) is 0 Å². The summed E-state index contributed by atoms with van der Waals surface area (Å²) in [6, 6.07) is -0.985. The van der Waals surface area contributed by atoms with Crippen molar-refractivity contribution in [1.29, 1.82) is 0 Å². The first-order valence-corrected chi connectivity index (χ1v) is 7.96. The Labute approximate surface area is 142 Å². The number of carbonyl (C=O) groups is 4. The molecule has 8 nitrogen and oxygen atoms in total. The Kier molecular flexibility index (Phi) is 9.02. The smallest absolute Gasteiger partial charge is 0.326 e. The zero-order valence-corrected chi connectivity index (χ0v) is 15.1. The molecule has 0 bridgehead atoms. The quantitative estimate of drug-likeness (QED) is 0.478. The van der Waals surface area contributed by atoms with Gasteiger partial charge in [-0.25, -0.2) is 4.79 Å². The molecule has 0 unspecified atom stereocenters. The van der Waals surface area contributed by atoms with Gasteiger partial charge in [-0.1, -0.05) is 34.6 Å². The van der Waals surface area contributed by atoms with E-state index in [1.54, 1.807) is 0 Å². The highest BCUT2D eigenvalue weighted by Crippen LogP contribution is 2.17. The van der Waals surface area contributed by atoms with Crippen LogP contribution in [0.1, 0.15) is 47.5 Å². The van der Waals surface area contributed by atoms with Gasteiger partial charge in [0.15, 0.2) is 0 Å². The number of rotatable bonds is 9. The second-order valence-electron chi connectivity index (χ2n) is 7.38. The summed E-state index contributed by atoms with van der Waals surface area (Å²) in [4.78, 5) is 45.9. The molecule has 0 saturated heterocycles. The number of hydrogen-bond acceptors (Lipinski definition) is 4. The van der Waals surface area contributed by atoms with E-state index in [1.807, 2.05) is 34.6 Å². The number of aliphatic carboxylic acids is 1. The Morgan fingerprint density at radius 3 is 1.88 bits per heavy atom. The SMILES string of the molecule is CC(C)C[C@H](NC(=O)CNC(=O)CNC(=O)CC(C)(C)C)C(=O)O. The van der Waals surface area contributed by atoms with Gasteiger partial charge in [0.2, 0.25) is 17.7 Å². The zero-order chi connectivity index (χ0) is 18.9. The highest BCUT2D eigenvalue weighted by Gasteiger charge is 2.21. The fraction of sp³-hybridized carbons (Fsp3) is 0.750. The number of amides is 3. The maximum absolute atomic E-state index is 11.7. The van der Waals surface area contributed by atoms with Crippen LogP contribution in [0.25, 0.3) is 0 Å². The molecule has 0 fully saturated rings. The van der Waals surface area contributed by atoms with Crippen LogP contribution < -0.4 is 16.0 Å². The second-order valence-corrected chi connectivity index (χ2v) is 7.38. The molecule has 8 heteroatoms. The largest absolute Gasteiger partial charge is 0.480 e. The number of nitrogens with one attached hydrogen (secondary N) is 3. The van der Waals surface area contributed by atoms with Crippen molar-refractivity contribution in [3.63, 3.8) is 0 Å². The van der Waals surface area contributed by atoms with Gasteiger partial charge < -0.3 is 21.1 Å². The Morgan fingerprint density at radius 2 is 1.42 bits per heavy atom. The van der Waals surface area contributed by atoms with Crippen LogP contribution in [0.5, 0.6) is 0 Å². The van der Waals surface area contributed by atoms with Gasteiger partial charge in [-0.05, 0) is 17.8 Å². The third-order valence-corrected chi connectivity index (χ3v) is 2.92. The molecule has 0 aromatic heterocycles. The molecule has 3 amide bonds. The van der Waals surface area contributed by atoms with E-state index in [0.717, 1.165) is 0 Å². The molecule has 0 rings (SSSR count). The third kappa shape index (κ3) is 11.4. The van der Waals surface area contributed by atoms with Gasteiger partial charge in [-0.2, -0.15) is 0 Å². The Morgan fingerprint density at radius 1 is 0.917 bits per heavy atom. The number of carbonyl (C=O) groups excluding carboxylic acids is 3. The number of hydrogen-bond donors (Lipinski definition) is 4. The van der Waals surface area contributed by atoms with Crippen molar-refractivity contribution in [2.75, 3.05) is 13.1 Å². The molecule has 138 valence electrons. The summed E-state index contributed by atoms with van der Waals surface area (Å²) in [7, 11) is 0. The minimum atomic E-state index is -1.11. The first-order valence-electron chi connectivity index (χ1n) is 7.96. The van der Waals surface area contributed by atoms with E-state index < -0.39 is 23.8 Å². The lowest BCUT2D eigenvalue weighted by molar-refractivity contribution is -0.142. The summed E-state index contributed by atoms with van der Waals surface area (Å²) in [5.41, 5.74) is -0.178. The molecular formula is C16H29N3O5. The normalized spacial score (nSPS) is 12.4. The highest BCUT2D eigenvalue weighted by atomic mass is 16.4. The summed E-state index contributed by atoms with van der Waals surface area (Å²) < 4.78 is 0. The van der Waals surface area contributed by atoms with Crippen molar-refractivity contribution in [2.45, 2.75) is 53.5 Å². The average molecular weight is 343 g/mol. The summed E-state index contributed by atoms with van der Waals surface area (Å²) in [5, 5.41) is 16.2. The molecular weight excluding hydrogens is 314 g/mol. The van der Waals surface area contributed by atoms with E-state index in [1.165, 1.54) is 0 Å². The molecule has 0 spiro atoms. The Balaban J connectivity index is 4.15. The molecule has 0 heterocycles. The summed E-state index contributed by atoms with van der Waals surface area (Å²) in [6.45, 7) is 8.87. The molecule has 24 heavy (non-hydrogen) atoms. The van der Waals surface area contributed by atoms with Crippen molar-refractivity contribution in [3.05, 3.63) is 0 Å². The van der Waals surface area contributed by atoms with Crippen LogP contribution in [0.4, 0.5) is 0 Å². The number of carboxylic acid groups (broad SMARTS) is 1. The van der Waals surface area contributed by atoms with Crippen LogP contribution in [0.2, 0.25) is 0 Å². The van der Waals surface area contributed by atoms with E-state index in [-0.39, 0.29) is 36.8 Å². The van der Waals surface area contributed by atoms with Gasteiger partial charge >= 0.3 is 5.97 Å². The van der Waals surface area contributed by atoms with Crippen molar-refractivity contribution in [2.24, 2.45) is 11.3 Å². The predicted octanol–water partition coefficient (Wildman–Crippen LogP) is 0.271. The lowest BCUT2D eigenvalue weighted by Gasteiger charge is -2.17. The van der Waals surface area contributed by atoms with Crippen LogP contribution in [0.3, 0.4) is 0 Å². The monoisotopic (exact) mass is 343 g/mol. The second kappa shape index (κ2) is 9.89. The molecule has 0 aromatic carbocycles. The summed E-state index contributed by atoms with van der Waals surface area (Å²) >= 11 is 0. The fourth-order valence-corrected chi connectivity index (χ4v) is 1.90. The fourth-order valence-electron chi connectivity index (χ4n) is 1.90. The van der Waals surface area contributed by atoms with Gasteiger partial charge in [0, 0.05) is 6.42 Å². The minimum absolute atomic E-state index is 0.110. The molecule has 0 aliphatic rings. The van der Waals surface area contributed by atoms with Crippen molar-refractivity contribution in [3.8, 4) is 0 Å². The molecule has 0 aliphatic heterocycles. The molecule has 1 atom stereocenters. The first-order chi connectivity index (χ1) is 10.9. The summed E-state index contributed by atoms with van der Waals surface area (Å²) in [6.07, 6.45) is 0.591. The van der Waals surface area contributed by atoms with Gasteiger partial charge in [0.05, 0.1) is 13.1 Å². The maximum Gasteiger partial charge on any atom is 0.326 e. The Hall–Kier alpha value is -2.12. The van der Waals surface area contributed by atoms with Crippen LogP contribution in [-0.2, 0) is 19.2 Å². The van der Waals surface area contributed by atoms with Gasteiger partial charge in [-0.15, -0.1) is 0 Å². The molecule has 0 aromatic rings. The Bertz CT molecular complexity index is 469. The molecule has 0 saturated carbocycles. The summed E-state index contributed by atoms with van der Waals surface area (Å²) in [5.74, 6) is -2.35. The zero-order valence-electron chi connectivity index (χ0n) is 15.1. The van der Waals surface area contributed by atoms with Crippen LogP contribution >= 0.6 is 0 Å². The van der Waals surface area contributed by atoms with E-state index in [4.69, 9.17) is 5.11 Å². The topological polar surface area (TPSA) is 125 Å². The predicted molar refractivity (Wildman–Crippen MR) is 89.1 cm³/mol. The average Bonchev–Trinajstić information content (AvgIpc) is 2.39. The van der Waals surface area contributed by atoms with Crippen molar-refractivity contribution >= 4 is 23.7 Å². The standard InChI is InChI=1S/C16H29N3O5/c1-10(2)6-11(15(23)24)19-14(22)9-18-13(21)8-17-12(20)7-16(3,4)5/h10-11H,6-9H2,1-5H3,(H,17,20)(H,18,21)(H,19,22)(H,23,24)/t11-/m0/s1. The van der Waals surface area contributed by atoms with Gasteiger partial charge in [0.1, 0.15) is 6.04 Å². The molecule has 0 radical (unpaired) electrons. The van der Waals surface area contributed by atoms with Crippen molar-refractivity contribution < 1.29 is 24.3 Å². The maximum atomic E-state index is 11.7. The van der Waals surface area contributed by atoms with Crippen LogP contribution in [0, 0.1) is 11.3 Å². The third-order valence-electron chi connectivity index (χ3n) is 2.92. The van der Waals surface area contributed by atoms with E-state index in [0.29, 0.717) is 6.42 Å². The van der Waals surface area contributed by atoms with E-state index >= 15 is 0 Å². The van der Waals surface area contributed by atoms with Crippen molar-refractivity contribution in [1.82, 2.24) is 16.0 Å². The lowest BCUT2D eigenvalue weighted by Crippen LogP contribution is -2.47. The lowest BCUT2D eigenvalue weighted by atomic mass is 9.92. The minimum Gasteiger partial charge on any atom is -0.480 e.